The lowest BCUT2D eigenvalue weighted by molar-refractivity contribution is 1.33. The van der Waals surface area contributed by atoms with Crippen LogP contribution >= 0.6 is 11.6 Å². The molecule has 0 atom stereocenters. The molecule has 2 heterocycles. The summed E-state index contributed by atoms with van der Waals surface area (Å²) >= 11 is 6.26. The molecule has 0 aliphatic rings. The van der Waals surface area contributed by atoms with Gasteiger partial charge in [0.1, 0.15) is 5.82 Å². The van der Waals surface area contributed by atoms with Crippen LogP contribution < -0.4 is 5.73 Å². The van der Waals surface area contributed by atoms with Gasteiger partial charge in [-0.3, -0.25) is 4.98 Å². The van der Waals surface area contributed by atoms with E-state index in [-0.39, 0.29) is 0 Å². The summed E-state index contributed by atoms with van der Waals surface area (Å²) in [6.07, 6.45) is 3.36. The SMILES string of the molecule is Cc1ccc2cccnc2c1-c1cc(N)ncc1Cl. The number of halogens is 1. The van der Waals surface area contributed by atoms with E-state index in [2.05, 4.69) is 22.1 Å². The van der Waals surface area contributed by atoms with Crippen molar-refractivity contribution in [3.63, 3.8) is 0 Å². The van der Waals surface area contributed by atoms with Crippen molar-refractivity contribution in [1.29, 1.82) is 0 Å². The zero-order chi connectivity index (χ0) is 13.4. The number of pyridine rings is 2. The molecular formula is C15H12ClN3. The Morgan fingerprint density at radius 2 is 2.00 bits per heavy atom. The van der Waals surface area contributed by atoms with Crippen molar-refractivity contribution in [1.82, 2.24) is 9.97 Å². The highest BCUT2D eigenvalue weighted by molar-refractivity contribution is 6.33. The van der Waals surface area contributed by atoms with Gasteiger partial charge in [0.15, 0.2) is 0 Å². The second-order valence-corrected chi connectivity index (χ2v) is 4.83. The maximum Gasteiger partial charge on any atom is 0.124 e. The van der Waals surface area contributed by atoms with Crippen molar-refractivity contribution >= 4 is 28.3 Å². The van der Waals surface area contributed by atoms with Crippen LogP contribution in [0.4, 0.5) is 5.82 Å². The molecule has 0 saturated carbocycles. The molecule has 0 amide bonds. The lowest BCUT2D eigenvalue weighted by atomic mass is 9.97. The zero-order valence-electron chi connectivity index (χ0n) is 10.4. The van der Waals surface area contributed by atoms with Gasteiger partial charge >= 0.3 is 0 Å². The van der Waals surface area contributed by atoms with Crippen LogP contribution in [0.3, 0.4) is 0 Å². The van der Waals surface area contributed by atoms with E-state index in [0.29, 0.717) is 10.8 Å². The summed E-state index contributed by atoms with van der Waals surface area (Å²) in [5.41, 5.74) is 9.69. The number of rotatable bonds is 1. The number of nitrogen functional groups attached to an aromatic ring is 1. The fourth-order valence-electron chi connectivity index (χ4n) is 2.23. The lowest BCUT2D eigenvalue weighted by Gasteiger charge is -2.11. The fourth-order valence-corrected chi connectivity index (χ4v) is 2.43. The standard InChI is InChI=1S/C15H12ClN3/c1-9-4-5-10-3-2-6-18-15(10)14(9)11-7-13(17)19-8-12(11)16/h2-8H,1H3,(H2,17,19). The monoisotopic (exact) mass is 269 g/mol. The molecule has 0 saturated heterocycles. The number of hydrogen-bond acceptors (Lipinski definition) is 3. The molecule has 3 nitrogen and oxygen atoms in total. The largest absolute Gasteiger partial charge is 0.384 e. The Bertz CT molecular complexity index is 768. The van der Waals surface area contributed by atoms with Crippen LogP contribution in [0.5, 0.6) is 0 Å². The van der Waals surface area contributed by atoms with Crippen molar-refractivity contribution in [2.45, 2.75) is 6.92 Å². The van der Waals surface area contributed by atoms with Crippen LogP contribution in [0, 0.1) is 6.92 Å². The second kappa shape index (κ2) is 4.52. The normalized spacial score (nSPS) is 10.8. The van der Waals surface area contributed by atoms with Crippen molar-refractivity contribution in [3.05, 3.63) is 53.3 Å². The first-order valence-corrected chi connectivity index (χ1v) is 6.30. The van der Waals surface area contributed by atoms with Crippen molar-refractivity contribution in [2.24, 2.45) is 0 Å². The first kappa shape index (κ1) is 11.9. The van der Waals surface area contributed by atoms with E-state index < -0.39 is 0 Å². The van der Waals surface area contributed by atoms with Gasteiger partial charge in [-0.2, -0.15) is 0 Å². The molecule has 1 aromatic carbocycles. The number of fused-ring (bicyclic) bond motifs is 1. The third-order valence-corrected chi connectivity index (χ3v) is 3.43. The molecule has 0 spiro atoms. The van der Waals surface area contributed by atoms with Gasteiger partial charge in [0.25, 0.3) is 0 Å². The van der Waals surface area contributed by atoms with Gasteiger partial charge in [0.2, 0.25) is 0 Å². The Hall–Kier alpha value is -2.13. The molecular weight excluding hydrogens is 258 g/mol. The van der Waals surface area contributed by atoms with Crippen LogP contribution in [0.1, 0.15) is 5.56 Å². The molecule has 94 valence electrons. The minimum Gasteiger partial charge on any atom is -0.384 e. The van der Waals surface area contributed by atoms with Gasteiger partial charge in [-0.1, -0.05) is 29.8 Å². The lowest BCUT2D eigenvalue weighted by Crippen LogP contribution is -1.94. The predicted molar refractivity (Wildman–Crippen MR) is 79.1 cm³/mol. The molecule has 0 fully saturated rings. The summed E-state index contributed by atoms with van der Waals surface area (Å²) in [7, 11) is 0. The highest BCUT2D eigenvalue weighted by Crippen LogP contribution is 2.35. The second-order valence-electron chi connectivity index (χ2n) is 4.42. The van der Waals surface area contributed by atoms with E-state index >= 15 is 0 Å². The minimum absolute atomic E-state index is 0.451. The highest BCUT2D eigenvalue weighted by Gasteiger charge is 2.12. The number of aromatic nitrogens is 2. The molecule has 19 heavy (non-hydrogen) atoms. The van der Waals surface area contributed by atoms with Crippen LogP contribution in [-0.4, -0.2) is 9.97 Å². The van der Waals surface area contributed by atoms with Crippen LogP contribution in [0.2, 0.25) is 5.02 Å². The first-order chi connectivity index (χ1) is 9.16. The highest BCUT2D eigenvalue weighted by atomic mass is 35.5. The molecule has 2 aromatic heterocycles. The van der Waals surface area contributed by atoms with E-state index in [1.165, 1.54) is 0 Å². The van der Waals surface area contributed by atoms with E-state index in [1.807, 2.05) is 19.1 Å². The molecule has 4 heteroatoms. The number of anilines is 1. The maximum atomic E-state index is 6.26. The third-order valence-electron chi connectivity index (χ3n) is 3.13. The van der Waals surface area contributed by atoms with E-state index in [4.69, 9.17) is 17.3 Å². The van der Waals surface area contributed by atoms with E-state index in [9.17, 15) is 0 Å². The number of nitrogens with two attached hydrogens (primary N) is 1. The summed E-state index contributed by atoms with van der Waals surface area (Å²) in [5, 5.41) is 1.66. The minimum atomic E-state index is 0.451. The molecule has 0 bridgehead atoms. The van der Waals surface area contributed by atoms with Crippen molar-refractivity contribution < 1.29 is 0 Å². The first-order valence-electron chi connectivity index (χ1n) is 5.92. The Morgan fingerprint density at radius 1 is 1.16 bits per heavy atom. The summed E-state index contributed by atoms with van der Waals surface area (Å²) in [5.74, 6) is 0.451. The van der Waals surface area contributed by atoms with Crippen LogP contribution in [0.25, 0.3) is 22.0 Å². The summed E-state index contributed by atoms with van der Waals surface area (Å²) in [4.78, 5) is 8.47. The van der Waals surface area contributed by atoms with Gasteiger partial charge in [-0.15, -0.1) is 0 Å². The van der Waals surface area contributed by atoms with E-state index in [1.54, 1.807) is 18.5 Å². The zero-order valence-corrected chi connectivity index (χ0v) is 11.1. The average Bonchev–Trinajstić information content (AvgIpc) is 2.42. The molecule has 0 aliphatic heterocycles. The number of benzene rings is 1. The van der Waals surface area contributed by atoms with Crippen molar-refractivity contribution in [2.75, 3.05) is 5.73 Å². The van der Waals surface area contributed by atoms with Gasteiger partial charge in [-0.25, -0.2) is 4.98 Å². The summed E-state index contributed by atoms with van der Waals surface area (Å²) in [6.45, 7) is 2.04. The average molecular weight is 270 g/mol. The van der Waals surface area contributed by atoms with E-state index in [0.717, 1.165) is 27.6 Å². The topological polar surface area (TPSA) is 51.8 Å². The smallest absolute Gasteiger partial charge is 0.124 e. The van der Waals surface area contributed by atoms with Crippen LogP contribution in [-0.2, 0) is 0 Å². The molecule has 3 rings (SSSR count). The molecule has 0 radical (unpaired) electrons. The third kappa shape index (κ3) is 2.02. The Labute approximate surface area is 116 Å². The molecule has 3 aromatic rings. The Balaban J connectivity index is 2.41. The quantitative estimate of drug-likeness (QED) is 0.730. The molecule has 2 N–H and O–H groups in total. The summed E-state index contributed by atoms with van der Waals surface area (Å²) in [6, 6.07) is 9.86. The van der Waals surface area contributed by atoms with Crippen LogP contribution in [0.15, 0.2) is 42.7 Å². The molecule has 0 unspecified atom stereocenters. The Kier molecular flexibility index (Phi) is 2.84. The van der Waals surface area contributed by atoms with Crippen molar-refractivity contribution in [3.8, 4) is 11.1 Å². The number of nitrogens with zero attached hydrogens (tertiary/aromatic N) is 2. The summed E-state index contributed by atoms with van der Waals surface area (Å²) < 4.78 is 0. The van der Waals surface area contributed by atoms with Gasteiger partial charge in [-0.05, 0) is 24.6 Å². The Morgan fingerprint density at radius 3 is 2.84 bits per heavy atom. The van der Waals surface area contributed by atoms with Gasteiger partial charge in [0, 0.05) is 28.9 Å². The predicted octanol–water partition coefficient (Wildman–Crippen LogP) is 3.84. The maximum absolute atomic E-state index is 6.26. The molecule has 0 aliphatic carbocycles. The number of hydrogen-bond donors (Lipinski definition) is 1. The van der Waals surface area contributed by atoms with Gasteiger partial charge < -0.3 is 5.73 Å². The van der Waals surface area contributed by atoms with Gasteiger partial charge in [0.05, 0.1) is 10.5 Å². The fraction of sp³-hybridized carbons (Fsp3) is 0.0667. The number of aryl methyl sites for hydroxylation is 1.